The van der Waals surface area contributed by atoms with Gasteiger partial charge in [0, 0.05) is 15.6 Å². The molecule has 0 saturated carbocycles. The zero-order chi connectivity index (χ0) is 27.2. The van der Waals surface area contributed by atoms with Gasteiger partial charge in [-0.3, -0.25) is 4.79 Å². The van der Waals surface area contributed by atoms with E-state index in [4.69, 9.17) is 21.1 Å². The number of nitrogens with zero attached hydrogens (tertiary/aromatic N) is 1. The van der Waals surface area contributed by atoms with E-state index in [1.54, 1.807) is 67.6 Å². The summed E-state index contributed by atoms with van der Waals surface area (Å²) >= 11 is 10.5. The Balaban J connectivity index is 1.71. The van der Waals surface area contributed by atoms with Gasteiger partial charge in [0.25, 0.3) is 5.91 Å². The quantitative estimate of drug-likeness (QED) is 0.276. The maximum absolute atomic E-state index is 14.1. The van der Waals surface area contributed by atoms with Gasteiger partial charge in [-0.2, -0.15) is 0 Å². The molecule has 38 heavy (non-hydrogen) atoms. The number of carbonyl (C=O) groups is 2. The van der Waals surface area contributed by atoms with Crippen molar-refractivity contribution in [2.24, 2.45) is 4.99 Å². The Bertz CT molecular complexity index is 1500. The van der Waals surface area contributed by atoms with Crippen molar-refractivity contribution in [2.45, 2.75) is 13.5 Å². The first-order chi connectivity index (χ1) is 18.3. The van der Waals surface area contributed by atoms with Crippen LogP contribution in [-0.2, 0) is 16.1 Å². The van der Waals surface area contributed by atoms with Gasteiger partial charge in [0.15, 0.2) is 0 Å². The Morgan fingerprint density at radius 3 is 2.61 bits per heavy atom. The zero-order valence-electron chi connectivity index (χ0n) is 19.9. The highest BCUT2D eigenvalue weighted by molar-refractivity contribution is 9.10. The Hall–Kier alpha value is -3.40. The van der Waals surface area contributed by atoms with Gasteiger partial charge in [-0.15, -0.1) is 0 Å². The second-order valence-electron chi connectivity index (χ2n) is 7.82. The number of rotatable bonds is 7. The lowest BCUT2D eigenvalue weighted by molar-refractivity contribution is -0.138. The largest absolute Gasteiger partial charge is 0.506 e. The second kappa shape index (κ2) is 12.4. The van der Waals surface area contributed by atoms with E-state index in [0.717, 1.165) is 16.2 Å². The Morgan fingerprint density at radius 1 is 1.13 bits per heavy atom. The second-order valence-corrected chi connectivity index (χ2v) is 10.2. The standard InChI is InChI=1S/C28H20BrClFNO5S/c1-2-36-28(35)24-25(33)23(38-27(24)32-26(34)19-8-4-5-9-20(19)30)14-17-13-18(29)11-12-22(17)37-15-16-7-3-6-10-21(16)31/h3-14,33H,2,15H2,1H3. The smallest absolute Gasteiger partial charge is 0.344 e. The molecule has 0 radical (unpaired) electrons. The van der Waals surface area contributed by atoms with Crippen molar-refractivity contribution in [3.63, 3.8) is 0 Å². The van der Waals surface area contributed by atoms with Crippen LogP contribution in [0.1, 0.15) is 28.4 Å². The minimum absolute atomic E-state index is 0.0213. The van der Waals surface area contributed by atoms with E-state index in [0.29, 0.717) is 16.9 Å². The number of halogens is 3. The van der Waals surface area contributed by atoms with E-state index in [2.05, 4.69) is 20.9 Å². The van der Waals surface area contributed by atoms with Gasteiger partial charge >= 0.3 is 5.97 Å². The van der Waals surface area contributed by atoms with Crippen LogP contribution in [-0.4, -0.2) is 28.6 Å². The van der Waals surface area contributed by atoms with Gasteiger partial charge in [-0.05, 0) is 49.4 Å². The molecule has 4 rings (SSSR count). The fraction of sp³-hybridized carbons (Fsp3) is 0.107. The van der Waals surface area contributed by atoms with Crippen LogP contribution in [0, 0.1) is 5.82 Å². The predicted octanol–water partition coefficient (Wildman–Crippen LogP) is 7.52. The van der Waals surface area contributed by atoms with E-state index >= 15 is 0 Å². The molecule has 0 fully saturated rings. The molecule has 0 bridgehead atoms. The first kappa shape index (κ1) is 27.6. The van der Waals surface area contributed by atoms with E-state index in [9.17, 15) is 19.1 Å². The molecular formula is C28H20BrClFNO5S. The summed E-state index contributed by atoms with van der Waals surface area (Å²) in [5, 5.41) is 11.2. The first-order valence-corrected chi connectivity index (χ1v) is 13.3. The number of aliphatic imine (C=N–C) groups is 1. The molecule has 0 aromatic heterocycles. The van der Waals surface area contributed by atoms with Crippen LogP contribution >= 0.6 is 39.3 Å². The Morgan fingerprint density at radius 2 is 1.87 bits per heavy atom. The monoisotopic (exact) mass is 615 g/mol. The van der Waals surface area contributed by atoms with Crippen molar-refractivity contribution in [1.29, 1.82) is 0 Å². The van der Waals surface area contributed by atoms with Gasteiger partial charge in [0.05, 0.1) is 22.1 Å². The van der Waals surface area contributed by atoms with E-state index in [1.165, 1.54) is 12.1 Å². The SMILES string of the molecule is CCOC(=O)C1=C(O)C(=Cc2cc(Br)ccc2OCc2ccccc2F)SC1=NC(=O)c1ccccc1Cl. The van der Waals surface area contributed by atoms with Crippen molar-refractivity contribution in [1.82, 2.24) is 0 Å². The minimum atomic E-state index is -0.822. The summed E-state index contributed by atoms with van der Waals surface area (Å²) in [6.45, 7) is 1.66. The highest BCUT2D eigenvalue weighted by atomic mass is 79.9. The molecule has 0 aliphatic carbocycles. The number of aliphatic hydroxyl groups excluding tert-OH is 1. The zero-order valence-corrected chi connectivity index (χ0v) is 23.1. The minimum Gasteiger partial charge on any atom is -0.506 e. The topological polar surface area (TPSA) is 85.2 Å². The number of ether oxygens (including phenoxy) is 2. The summed E-state index contributed by atoms with van der Waals surface area (Å²) in [6, 6.07) is 17.9. The van der Waals surface area contributed by atoms with Gasteiger partial charge in [-0.25, -0.2) is 14.2 Å². The van der Waals surface area contributed by atoms with Crippen LogP contribution in [0.15, 0.2) is 92.4 Å². The number of hydrogen-bond donors (Lipinski definition) is 1. The Labute approximate surface area is 236 Å². The van der Waals surface area contributed by atoms with Crippen LogP contribution in [0.4, 0.5) is 4.39 Å². The molecule has 6 nitrogen and oxygen atoms in total. The highest BCUT2D eigenvalue weighted by Gasteiger charge is 2.34. The van der Waals surface area contributed by atoms with Crippen LogP contribution < -0.4 is 4.74 Å². The van der Waals surface area contributed by atoms with Crippen molar-refractivity contribution in [2.75, 3.05) is 6.61 Å². The number of thioether (sulfide) groups is 1. The number of aliphatic hydroxyl groups is 1. The molecule has 3 aromatic rings. The summed E-state index contributed by atoms with van der Waals surface area (Å²) in [6.07, 6.45) is 1.59. The van der Waals surface area contributed by atoms with Crippen molar-refractivity contribution < 1.29 is 28.6 Å². The summed E-state index contributed by atoms with van der Waals surface area (Å²) in [4.78, 5) is 29.9. The lowest BCUT2D eigenvalue weighted by Crippen LogP contribution is -2.14. The summed E-state index contributed by atoms with van der Waals surface area (Å²) in [5.74, 6) is -1.87. The van der Waals surface area contributed by atoms with Gasteiger partial charge in [0.1, 0.15) is 34.5 Å². The van der Waals surface area contributed by atoms with Crippen LogP contribution in [0.3, 0.4) is 0 Å². The summed E-state index contributed by atoms with van der Waals surface area (Å²) in [5.41, 5.74) is 0.835. The van der Waals surface area contributed by atoms with Gasteiger partial charge in [0.2, 0.25) is 0 Å². The lowest BCUT2D eigenvalue weighted by Gasteiger charge is -2.11. The fourth-order valence-electron chi connectivity index (χ4n) is 3.45. The normalized spacial score (nSPS) is 15.3. The number of amides is 1. The maximum atomic E-state index is 14.1. The molecule has 1 heterocycles. The third-order valence-electron chi connectivity index (χ3n) is 5.28. The molecule has 194 valence electrons. The number of benzene rings is 3. The molecule has 1 aliphatic rings. The molecular weight excluding hydrogens is 597 g/mol. The van der Waals surface area contributed by atoms with Crippen molar-refractivity contribution in [3.8, 4) is 5.75 Å². The molecule has 3 aromatic carbocycles. The summed E-state index contributed by atoms with van der Waals surface area (Å²) < 4.78 is 25.8. The van der Waals surface area contributed by atoms with Crippen molar-refractivity contribution in [3.05, 3.63) is 115 Å². The average Bonchev–Trinajstić information content (AvgIpc) is 3.19. The van der Waals surface area contributed by atoms with E-state index < -0.39 is 11.9 Å². The van der Waals surface area contributed by atoms with Crippen LogP contribution in [0.25, 0.3) is 6.08 Å². The Kier molecular flexibility index (Phi) is 9.04. The summed E-state index contributed by atoms with van der Waals surface area (Å²) in [7, 11) is 0. The number of hydrogen-bond acceptors (Lipinski definition) is 6. The molecule has 1 N–H and O–H groups in total. The fourth-order valence-corrected chi connectivity index (χ4v) is 5.05. The number of carbonyl (C=O) groups excluding carboxylic acids is 2. The molecule has 10 heteroatoms. The van der Waals surface area contributed by atoms with Crippen LogP contribution in [0.2, 0.25) is 5.02 Å². The highest BCUT2D eigenvalue weighted by Crippen LogP contribution is 2.41. The third-order valence-corrected chi connectivity index (χ3v) is 7.12. The van der Waals surface area contributed by atoms with E-state index in [1.807, 2.05) is 0 Å². The molecule has 0 saturated heterocycles. The molecule has 0 atom stereocenters. The van der Waals surface area contributed by atoms with Gasteiger partial charge < -0.3 is 14.6 Å². The predicted molar refractivity (Wildman–Crippen MR) is 150 cm³/mol. The van der Waals surface area contributed by atoms with Crippen molar-refractivity contribution >= 4 is 62.3 Å². The first-order valence-electron chi connectivity index (χ1n) is 11.3. The van der Waals surface area contributed by atoms with E-state index in [-0.39, 0.29) is 50.9 Å². The third kappa shape index (κ3) is 6.35. The molecule has 0 spiro atoms. The average molecular weight is 617 g/mol. The van der Waals surface area contributed by atoms with Gasteiger partial charge in [-0.1, -0.05) is 69.6 Å². The number of esters is 1. The molecule has 1 amide bonds. The molecule has 0 unspecified atom stereocenters. The lowest BCUT2D eigenvalue weighted by atomic mass is 10.1. The van der Waals surface area contributed by atoms with Crippen LogP contribution in [0.5, 0.6) is 5.75 Å². The molecule has 1 aliphatic heterocycles. The maximum Gasteiger partial charge on any atom is 0.344 e.